The molecule has 108 valence electrons. The molecule has 1 aromatic carbocycles. The van der Waals surface area contributed by atoms with Crippen molar-refractivity contribution < 1.29 is 0 Å². The molecular formula is C16H20Cl2N2. The van der Waals surface area contributed by atoms with Gasteiger partial charge in [-0.25, -0.2) is 0 Å². The lowest BCUT2D eigenvalue weighted by Crippen LogP contribution is -2.14. The van der Waals surface area contributed by atoms with Gasteiger partial charge >= 0.3 is 0 Å². The summed E-state index contributed by atoms with van der Waals surface area (Å²) in [6, 6.07) is 5.76. The van der Waals surface area contributed by atoms with Crippen molar-refractivity contribution in [3.05, 3.63) is 33.9 Å². The van der Waals surface area contributed by atoms with E-state index in [1.54, 1.807) is 6.07 Å². The Bertz CT molecular complexity index is 630. The van der Waals surface area contributed by atoms with Gasteiger partial charge in [-0.2, -0.15) is 0 Å². The van der Waals surface area contributed by atoms with Gasteiger partial charge in [-0.15, -0.1) is 0 Å². The highest BCUT2D eigenvalue weighted by Crippen LogP contribution is 2.34. The Kier molecular flexibility index (Phi) is 4.46. The number of benzene rings is 1. The topological polar surface area (TPSA) is 24.9 Å². The summed E-state index contributed by atoms with van der Waals surface area (Å²) < 4.78 is 0. The fraction of sp³-hybridized carbons (Fsp3) is 0.438. The number of hydrogen-bond acceptors (Lipinski definition) is 2. The normalized spacial score (nSPS) is 11.9. The summed E-state index contributed by atoms with van der Waals surface area (Å²) in [6.45, 7) is 9.49. The van der Waals surface area contributed by atoms with Crippen LogP contribution >= 0.6 is 23.2 Å². The number of anilines is 1. The number of pyridine rings is 1. The van der Waals surface area contributed by atoms with Crippen LogP contribution in [0.2, 0.25) is 10.0 Å². The predicted molar refractivity (Wildman–Crippen MR) is 89.2 cm³/mol. The zero-order valence-corrected chi connectivity index (χ0v) is 13.9. The third kappa shape index (κ3) is 3.18. The molecule has 0 aliphatic heterocycles. The highest BCUT2D eigenvalue weighted by Gasteiger charge is 2.19. The first-order chi connectivity index (χ1) is 9.32. The maximum Gasteiger partial charge on any atom is 0.0913 e. The van der Waals surface area contributed by atoms with Crippen LogP contribution in [0.25, 0.3) is 10.9 Å². The van der Waals surface area contributed by atoms with Crippen LogP contribution < -0.4 is 5.32 Å². The van der Waals surface area contributed by atoms with Gasteiger partial charge in [0, 0.05) is 33.7 Å². The van der Waals surface area contributed by atoms with Crippen LogP contribution in [0.15, 0.2) is 18.2 Å². The number of nitrogens with zero attached hydrogens (tertiary/aromatic N) is 1. The second-order valence-electron chi connectivity index (χ2n) is 6.02. The maximum atomic E-state index is 6.32. The zero-order valence-electron chi connectivity index (χ0n) is 12.3. The smallest absolute Gasteiger partial charge is 0.0913 e. The molecule has 0 amide bonds. The van der Waals surface area contributed by atoms with E-state index in [-0.39, 0.29) is 5.41 Å². The van der Waals surface area contributed by atoms with Gasteiger partial charge in [-0.1, -0.05) is 50.9 Å². The van der Waals surface area contributed by atoms with Crippen LogP contribution in [0.3, 0.4) is 0 Å². The van der Waals surface area contributed by atoms with Gasteiger partial charge in [0.15, 0.2) is 0 Å². The van der Waals surface area contributed by atoms with E-state index >= 15 is 0 Å². The minimum atomic E-state index is -0.0280. The molecule has 0 aliphatic rings. The summed E-state index contributed by atoms with van der Waals surface area (Å²) in [5.41, 5.74) is 2.85. The van der Waals surface area contributed by atoms with Crippen molar-refractivity contribution in [1.82, 2.24) is 4.98 Å². The summed E-state index contributed by atoms with van der Waals surface area (Å²) in [5, 5.41) is 5.65. The predicted octanol–water partition coefficient (Wildman–Crippen LogP) is 5.66. The maximum absolute atomic E-state index is 6.32. The minimum Gasteiger partial charge on any atom is -0.384 e. The molecular weight excluding hydrogens is 291 g/mol. The molecule has 20 heavy (non-hydrogen) atoms. The number of fused-ring (bicyclic) bond motifs is 1. The summed E-state index contributed by atoms with van der Waals surface area (Å²) >= 11 is 12.4. The van der Waals surface area contributed by atoms with E-state index < -0.39 is 0 Å². The molecule has 2 nitrogen and oxygen atoms in total. The number of halogens is 2. The number of hydrogen-bond donors (Lipinski definition) is 1. The van der Waals surface area contributed by atoms with Crippen molar-refractivity contribution in [2.24, 2.45) is 0 Å². The van der Waals surface area contributed by atoms with E-state index in [1.165, 1.54) is 0 Å². The van der Waals surface area contributed by atoms with Crippen molar-refractivity contribution in [1.29, 1.82) is 0 Å². The van der Waals surface area contributed by atoms with Gasteiger partial charge in [-0.05, 0) is 24.6 Å². The Morgan fingerprint density at radius 2 is 1.85 bits per heavy atom. The second kappa shape index (κ2) is 5.79. The highest BCUT2D eigenvalue weighted by atomic mass is 35.5. The lowest BCUT2D eigenvalue weighted by Gasteiger charge is -2.21. The lowest BCUT2D eigenvalue weighted by molar-refractivity contribution is 0.572. The van der Waals surface area contributed by atoms with Crippen LogP contribution in [0.5, 0.6) is 0 Å². The molecule has 1 aromatic heterocycles. The fourth-order valence-electron chi connectivity index (χ4n) is 2.04. The lowest BCUT2D eigenvalue weighted by atomic mass is 9.90. The Morgan fingerprint density at radius 3 is 2.45 bits per heavy atom. The summed E-state index contributed by atoms with van der Waals surface area (Å²) in [7, 11) is 0. The first kappa shape index (κ1) is 15.4. The van der Waals surface area contributed by atoms with Crippen LogP contribution in [0, 0.1) is 0 Å². The SMILES string of the molecule is CCCNc1cc(C(C)(C)C)nc2c(Cl)cc(Cl)cc12. The molecule has 1 heterocycles. The van der Waals surface area contributed by atoms with E-state index in [4.69, 9.17) is 28.2 Å². The van der Waals surface area contributed by atoms with Gasteiger partial charge in [-0.3, -0.25) is 4.98 Å². The third-order valence-electron chi connectivity index (χ3n) is 3.17. The largest absolute Gasteiger partial charge is 0.384 e. The van der Waals surface area contributed by atoms with Crippen LogP contribution in [-0.2, 0) is 5.41 Å². The summed E-state index contributed by atoms with van der Waals surface area (Å²) in [4.78, 5) is 4.73. The first-order valence-corrected chi connectivity index (χ1v) is 7.62. The number of rotatable bonds is 3. The van der Waals surface area contributed by atoms with Crippen LogP contribution in [0.1, 0.15) is 39.8 Å². The third-order valence-corrected chi connectivity index (χ3v) is 3.67. The molecule has 4 heteroatoms. The molecule has 0 spiro atoms. The van der Waals surface area contributed by atoms with Crippen molar-refractivity contribution in [3.63, 3.8) is 0 Å². The van der Waals surface area contributed by atoms with Crippen molar-refractivity contribution in [2.45, 2.75) is 39.5 Å². The van der Waals surface area contributed by atoms with E-state index in [1.807, 2.05) is 6.07 Å². The average Bonchev–Trinajstić information content (AvgIpc) is 2.34. The first-order valence-electron chi connectivity index (χ1n) is 6.87. The molecule has 0 fully saturated rings. The molecule has 2 rings (SSSR count). The fourth-order valence-corrected chi connectivity index (χ4v) is 2.58. The standard InChI is InChI=1S/C16H20Cl2N2/c1-5-6-19-13-9-14(16(2,3)4)20-15-11(13)7-10(17)8-12(15)18/h7-9H,5-6H2,1-4H3,(H,19,20). The molecule has 0 aliphatic carbocycles. The molecule has 0 radical (unpaired) electrons. The number of aromatic nitrogens is 1. The zero-order chi connectivity index (χ0) is 14.9. The molecule has 0 saturated heterocycles. The molecule has 2 aromatic rings. The van der Waals surface area contributed by atoms with Gasteiger partial charge in [0.1, 0.15) is 0 Å². The molecule has 1 N–H and O–H groups in total. The monoisotopic (exact) mass is 310 g/mol. The van der Waals surface area contributed by atoms with Gasteiger partial charge in [0.05, 0.1) is 10.5 Å². The molecule has 0 saturated carbocycles. The Balaban J connectivity index is 2.71. The van der Waals surface area contributed by atoms with E-state index in [0.29, 0.717) is 10.0 Å². The summed E-state index contributed by atoms with van der Waals surface area (Å²) in [5.74, 6) is 0. The van der Waals surface area contributed by atoms with E-state index in [0.717, 1.165) is 35.2 Å². The van der Waals surface area contributed by atoms with E-state index in [2.05, 4.69) is 39.1 Å². The minimum absolute atomic E-state index is 0.0280. The average molecular weight is 311 g/mol. The Hall–Kier alpha value is -0.990. The number of nitrogens with one attached hydrogen (secondary N) is 1. The highest BCUT2D eigenvalue weighted by molar-refractivity contribution is 6.38. The quantitative estimate of drug-likeness (QED) is 0.791. The molecule has 0 unspecified atom stereocenters. The summed E-state index contributed by atoms with van der Waals surface area (Å²) in [6.07, 6.45) is 1.06. The second-order valence-corrected chi connectivity index (χ2v) is 6.86. The van der Waals surface area contributed by atoms with E-state index in [9.17, 15) is 0 Å². The van der Waals surface area contributed by atoms with Gasteiger partial charge < -0.3 is 5.32 Å². The van der Waals surface area contributed by atoms with Gasteiger partial charge in [0.2, 0.25) is 0 Å². The molecule has 0 bridgehead atoms. The van der Waals surface area contributed by atoms with Crippen LogP contribution in [-0.4, -0.2) is 11.5 Å². The van der Waals surface area contributed by atoms with Crippen LogP contribution in [0.4, 0.5) is 5.69 Å². The Labute approximate surface area is 130 Å². The van der Waals surface area contributed by atoms with Crippen molar-refractivity contribution in [2.75, 3.05) is 11.9 Å². The van der Waals surface area contributed by atoms with Gasteiger partial charge in [0.25, 0.3) is 0 Å². The molecule has 0 atom stereocenters. The van der Waals surface area contributed by atoms with Crippen molar-refractivity contribution in [3.8, 4) is 0 Å². The van der Waals surface area contributed by atoms with Crippen molar-refractivity contribution >= 4 is 39.8 Å². The Morgan fingerprint density at radius 1 is 1.15 bits per heavy atom.